The van der Waals surface area contributed by atoms with Crippen molar-refractivity contribution < 1.29 is 5.11 Å². The summed E-state index contributed by atoms with van der Waals surface area (Å²) in [6.07, 6.45) is 0. The van der Waals surface area contributed by atoms with Crippen molar-refractivity contribution in [1.82, 2.24) is 0 Å². The van der Waals surface area contributed by atoms with Crippen molar-refractivity contribution in [2.24, 2.45) is 10.2 Å². The Morgan fingerprint density at radius 3 is 1.26 bits per heavy atom. The number of aryl methyl sites for hydroxylation is 3. The average molecular weight is 354 g/mol. The molecule has 4 rings (SSSR count). The minimum absolute atomic E-state index is 0.557. The summed E-state index contributed by atoms with van der Waals surface area (Å²) >= 11 is 0. The van der Waals surface area contributed by atoms with Gasteiger partial charge in [-0.2, -0.15) is 10.2 Å². The molecule has 1 N–H and O–H groups in total. The van der Waals surface area contributed by atoms with Crippen LogP contribution in [0.5, 0.6) is 0 Å². The molecule has 0 unspecified atom stereocenters. The monoisotopic (exact) mass is 354 g/mol. The summed E-state index contributed by atoms with van der Waals surface area (Å²) < 4.78 is 0. The molecule has 0 aliphatic carbocycles. The van der Waals surface area contributed by atoms with E-state index < -0.39 is 5.60 Å². The van der Waals surface area contributed by atoms with Gasteiger partial charge in [0.25, 0.3) is 0 Å². The summed E-state index contributed by atoms with van der Waals surface area (Å²) in [6, 6.07) is 24.0. The van der Waals surface area contributed by atoms with E-state index in [0.717, 1.165) is 33.4 Å². The van der Waals surface area contributed by atoms with Gasteiger partial charge in [-0.3, -0.25) is 0 Å². The lowest BCUT2D eigenvalue weighted by Crippen LogP contribution is -2.42. The van der Waals surface area contributed by atoms with Crippen LogP contribution >= 0.6 is 0 Å². The normalized spacial score (nSPS) is 15.4. The fourth-order valence-electron chi connectivity index (χ4n) is 3.38. The summed E-state index contributed by atoms with van der Waals surface area (Å²) in [6.45, 7) is 6.12. The lowest BCUT2D eigenvalue weighted by atomic mass is 9.79. The molecule has 1 heterocycles. The molecule has 1 aliphatic heterocycles. The highest BCUT2D eigenvalue weighted by Crippen LogP contribution is 2.35. The molecule has 1 aliphatic rings. The predicted octanol–water partition coefficient (Wildman–Crippen LogP) is 4.71. The fourth-order valence-corrected chi connectivity index (χ4v) is 3.38. The van der Waals surface area contributed by atoms with Crippen LogP contribution in [0.3, 0.4) is 0 Å². The van der Waals surface area contributed by atoms with Gasteiger partial charge in [-0.25, -0.2) is 0 Å². The smallest absolute Gasteiger partial charge is 0.179 e. The molecule has 3 aromatic carbocycles. The molecule has 0 atom stereocenters. The zero-order chi connectivity index (χ0) is 19.0. The molecule has 3 heteroatoms. The number of rotatable bonds is 3. The minimum atomic E-state index is -1.39. The fraction of sp³-hybridized carbons (Fsp3) is 0.167. The Morgan fingerprint density at radius 2 is 0.889 bits per heavy atom. The molecule has 0 fully saturated rings. The second kappa shape index (κ2) is 6.60. The van der Waals surface area contributed by atoms with Gasteiger partial charge < -0.3 is 5.11 Å². The molecule has 0 aromatic heterocycles. The third kappa shape index (κ3) is 3.00. The summed E-state index contributed by atoms with van der Waals surface area (Å²) in [7, 11) is 0. The highest BCUT2D eigenvalue weighted by molar-refractivity contribution is 6.28. The van der Waals surface area contributed by atoms with Crippen molar-refractivity contribution in [3.8, 4) is 0 Å². The molecular weight excluding hydrogens is 332 g/mol. The van der Waals surface area contributed by atoms with Gasteiger partial charge in [0.2, 0.25) is 0 Å². The van der Waals surface area contributed by atoms with Crippen molar-refractivity contribution >= 4 is 11.4 Å². The van der Waals surface area contributed by atoms with Gasteiger partial charge in [-0.05, 0) is 26.3 Å². The second-order valence-electron chi connectivity index (χ2n) is 7.21. The molecule has 0 radical (unpaired) electrons. The number of nitrogens with zero attached hydrogens (tertiary/aromatic N) is 2. The molecule has 27 heavy (non-hydrogen) atoms. The van der Waals surface area contributed by atoms with Gasteiger partial charge in [-0.1, -0.05) is 89.5 Å². The summed E-state index contributed by atoms with van der Waals surface area (Å²) in [5.74, 6) is 0. The molecule has 0 amide bonds. The summed E-state index contributed by atoms with van der Waals surface area (Å²) in [5, 5.41) is 20.8. The maximum atomic E-state index is 12.0. The van der Waals surface area contributed by atoms with Crippen LogP contribution in [-0.4, -0.2) is 16.5 Å². The van der Waals surface area contributed by atoms with Crippen molar-refractivity contribution in [2.45, 2.75) is 26.4 Å². The molecule has 0 saturated heterocycles. The minimum Gasteiger partial charge on any atom is -0.373 e. The molecule has 0 spiro atoms. The van der Waals surface area contributed by atoms with Crippen LogP contribution in [0, 0.1) is 20.8 Å². The first-order valence-electron chi connectivity index (χ1n) is 9.08. The second-order valence-corrected chi connectivity index (χ2v) is 7.21. The third-order valence-electron chi connectivity index (χ3n) is 5.05. The van der Waals surface area contributed by atoms with Crippen molar-refractivity contribution in [1.29, 1.82) is 0 Å². The number of hydrogen-bond acceptors (Lipinski definition) is 3. The Bertz CT molecular complexity index is 966. The summed E-state index contributed by atoms with van der Waals surface area (Å²) in [5.41, 5.74) is 5.70. The topological polar surface area (TPSA) is 45.0 Å². The first-order valence-corrected chi connectivity index (χ1v) is 9.08. The van der Waals surface area contributed by atoms with E-state index in [1.165, 1.54) is 0 Å². The average Bonchev–Trinajstić information content (AvgIpc) is 3.02. The SMILES string of the molecule is Cc1ccc(C2=NN=C(c3ccc(C)cc3)C2(O)c2ccc(C)cc2)cc1. The lowest BCUT2D eigenvalue weighted by Gasteiger charge is -2.28. The van der Waals surface area contributed by atoms with Gasteiger partial charge in [-0.15, -0.1) is 0 Å². The van der Waals surface area contributed by atoms with Crippen LogP contribution in [0.4, 0.5) is 0 Å². The van der Waals surface area contributed by atoms with E-state index in [9.17, 15) is 5.11 Å². The number of hydrogen-bond donors (Lipinski definition) is 1. The van der Waals surface area contributed by atoms with Crippen molar-refractivity contribution in [3.63, 3.8) is 0 Å². The lowest BCUT2D eigenvalue weighted by molar-refractivity contribution is 0.189. The Labute approximate surface area is 159 Å². The standard InChI is InChI=1S/C24H22N2O/c1-16-4-10-19(11-5-16)22-24(27,21-14-8-18(3)9-15-21)23(26-25-22)20-12-6-17(2)7-13-20/h4-15,27H,1-3H3. The Hall–Kier alpha value is -3.04. The van der Waals surface area contributed by atoms with E-state index in [-0.39, 0.29) is 0 Å². The molecule has 0 bridgehead atoms. The Balaban J connectivity index is 1.87. The van der Waals surface area contributed by atoms with Gasteiger partial charge in [0.15, 0.2) is 5.60 Å². The van der Waals surface area contributed by atoms with E-state index in [2.05, 4.69) is 10.2 Å². The maximum Gasteiger partial charge on any atom is 0.179 e. The van der Waals surface area contributed by atoms with Crippen LogP contribution in [0.1, 0.15) is 33.4 Å². The van der Waals surface area contributed by atoms with Crippen LogP contribution < -0.4 is 0 Å². The van der Waals surface area contributed by atoms with Crippen LogP contribution in [0.2, 0.25) is 0 Å². The third-order valence-corrected chi connectivity index (χ3v) is 5.05. The quantitative estimate of drug-likeness (QED) is 0.727. The van der Waals surface area contributed by atoms with E-state index in [0.29, 0.717) is 11.4 Å². The highest BCUT2D eigenvalue weighted by atomic mass is 16.3. The predicted molar refractivity (Wildman–Crippen MR) is 111 cm³/mol. The van der Waals surface area contributed by atoms with Gasteiger partial charge in [0, 0.05) is 11.1 Å². The van der Waals surface area contributed by atoms with Crippen LogP contribution in [0.25, 0.3) is 0 Å². The van der Waals surface area contributed by atoms with Crippen molar-refractivity contribution in [2.75, 3.05) is 0 Å². The first-order chi connectivity index (χ1) is 13.0. The molecule has 3 nitrogen and oxygen atoms in total. The van der Waals surface area contributed by atoms with Crippen LogP contribution in [-0.2, 0) is 5.60 Å². The van der Waals surface area contributed by atoms with E-state index in [1.54, 1.807) is 0 Å². The van der Waals surface area contributed by atoms with Gasteiger partial charge in [0.05, 0.1) is 0 Å². The van der Waals surface area contributed by atoms with E-state index >= 15 is 0 Å². The van der Waals surface area contributed by atoms with E-state index in [1.807, 2.05) is 93.6 Å². The zero-order valence-electron chi connectivity index (χ0n) is 15.8. The number of aliphatic hydroxyl groups is 1. The summed E-state index contributed by atoms with van der Waals surface area (Å²) in [4.78, 5) is 0. The number of benzene rings is 3. The Kier molecular flexibility index (Phi) is 4.25. The van der Waals surface area contributed by atoms with Crippen LogP contribution in [0.15, 0.2) is 83.0 Å². The first kappa shape index (κ1) is 17.4. The molecule has 3 aromatic rings. The maximum absolute atomic E-state index is 12.0. The molecule has 0 saturated carbocycles. The molecular formula is C24H22N2O. The molecule has 134 valence electrons. The largest absolute Gasteiger partial charge is 0.373 e. The highest BCUT2D eigenvalue weighted by Gasteiger charge is 2.45. The van der Waals surface area contributed by atoms with E-state index in [4.69, 9.17) is 0 Å². The zero-order valence-corrected chi connectivity index (χ0v) is 15.8. The van der Waals surface area contributed by atoms with Gasteiger partial charge in [0.1, 0.15) is 11.4 Å². The Morgan fingerprint density at radius 1 is 0.556 bits per heavy atom. The van der Waals surface area contributed by atoms with Gasteiger partial charge >= 0.3 is 0 Å². The van der Waals surface area contributed by atoms with Crippen molar-refractivity contribution in [3.05, 3.63) is 106 Å².